The van der Waals surface area contributed by atoms with Crippen molar-refractivity contribution in [2.75, 3.05) is 6.61 Å². The number of nitrogens with one attached hydrogen (secondary N) is 1. The third-order valence-corrected chi connectivity index (χ3v) is 15.2. The zero-order valence-corrected chi connectivity index (χ0v) is 21.1. The summed E-state index contributed by atoms with van der Waals surface area (Å²) in [5.74, 6) is -0.168. The average Bonchev–Trinajstić information content (AvgIpc) is 2.72. The first-order valence-corrected chi connectivity index (χ1v) is 15.6. The van der Waals surface area contributed by atoms with Crippen LogP contribution in [0.5, 0.6) is 0 Å². The van der Waals surface area contributed by atoms with Gasteiger partial charge in [-0.1, -0.05) is 41.5 Å². The van der Waals surface area contributed by atoms with Crippen molar-refractivity contribution in [3.8, 4) is 0 Å². The van der Waals surface area contributed by atoms with Gasteiger partial charge in [-0.25, -0.2) is 0 Å². The molecule has 27 heavy (non-hydrogen) atoms. The van der Waals surface area contributed by atoms with Gasteiger partial charge in [-0.3, -0.25) is 4.79 Å². The van der Waals surface area contributed by atoms with E-state index in [0.29, 0.717) is 0 Å². The summed E-state index contributed by atoms with van der Waals surface area (Å²) >= 11 is 0. The summed E-state index contributed by atoms with van der Waals surface area (Å²) in [6.07, 6.45) is -1.59. The summed E-state index contributed by atoms with van der Waals surface area (Å²) in [5, 5.41) is 12.8. The van der Waals surface area contributed by atoms with Crippen molar-refractivity contribution >= 4 is 22.5 Å². The molecule has 2 N–H and O–H groups in total. The van der Waals surface area contributed by atoms with Crippen LogP contribution in [0.1, 0.15) is 48.5 Å². The predicted molar refractivity (Wildman–Crippen MR) is 114 cm³/mol. The summed E-state index contributed by atoms with van der Waals surface area (Å²) in [5.41, 5.74) is 0. The van der Waals surface area contributed by atoms with E-state index in [9.17, 15) is 9.90 Å². The highest BCUT2D eigenvalue weighted by molar-refractivity contribution is 6.74. The van der Waals surface area contributed by atoms with Crippen LogP contribution in [-0.2, 0) is 18.4 Å². The molecule has 0 spiro atoms. The van der Waals surface area contributed by atoms with Crippen LogP contribution in [0.4, 0.5) is 0 Å². The van der Waals surface area contributed by atoms with Crippen LogP contribution >= 0.6 is 0 Å². The molecule has 6 nitrogen and oxygen atoms in total. The number of hydrogen-bond donors (Lipinski definition) is 2. The van der Waals surface area contributed by atoms with Gasteiger partial charge in [0, 0.05) is 6.92 Å². The molecule has 4 atom stereocenters. The molecule has 160 valence electrons. The Balaban J connectivity index is 3.24. The van der Waals surface area contributed by atoms with Crippen molar-refractivity contribution in [3.63, 3.8) is 0 Å². The second-order valence-electron chi connectivity index (χ2n) is 10.7. The second kappa shape index (κ2) is 8.24. The van der Waals surface area contributed by atoms with E-state index in [0.717, 1.165) is 0 Å². The van der Waals surface area contributed by atoms with E-state index in [1.54, 1.807) is 0 Å². The van der Waals surface area contributed by atoms with Gasteiger partial charge in [-0.2, -0.15) is 0 Å². The van der Waals surface area contributed by atoms with Gasteiger partial charge in [-0.15, -0.1) is 0 Å². The summed E-state index contributed by atoms with van der Waals surface area (Å²) in [6.45, 7) is 23.0. The molecule has 0 aliphatic carbocycles. The molecule has 0 aromatic rings. The van der Waals surface area contributed by atoms with E-state index in [1.807, 2.05) is 0 Å². The molecule has 0 aromatic carbocycles. The molecule has 1 aliphatic rings. The SMILES string of the molecule is CC(=O)N[C@@H]1C(O[Si](C)(C)C(C)(C)C)[C@@H](O[Si](C)(C)C(C)(C)C)O[C@@H]1CO. The van der Waals surface area contributed by atoms with Gasteiger partial charge in [-0.05, 0) is 36.3 Å². The van der Waals surface area contributed by atoms with E-state index in [4.69, 9.17) is 13.6 Å². The molecule has 1 fully saturated rings. The number of aliphatic hydroxyl groups is 1. The first kappa shape index (κ1) is 24.8. The Morgan fingerprint density at radius 1 is 1.00 bits per heavy atom. The highest BCUT2D eigenvalue weighted by Crippen LogP contribution is 2.43. The minimum absolute atomic E-state index is 0.00655. The lowest BCUT2D eigenvalue weighted by Gasteiger charge is -2.43. The Kier molecular flexibility index (Phi) is 7.56. The zero-order valence-electron chi connectivity index (χ0n) is 19.1. The standard InChI is InChI=1S/C19H41NO5Si2/c1-13(22)20-15-14(12-21)23-17(25-27(10,11)19(5,6)7)16(15)24-26(8,9)18(2,3)4/h14-17,21H,12H2,1-11H3,(H,20,22)/t14-,15+,16?,17-/m1/s1. The van der Waals surface area contributed by atoms with Crippen LogP contribution in [0.3, 0.4) is 0 Å². The van der Waals surface area contributed by atoms with E-state index >= 15 is 0 Å². The molecule has 0 aromatic heterocycles. The maximum absolute atomic E-state index is 11.8. The molecule has 1 rings (SSSR count). The minimum atomic E-state index is -2.15. The fraction of sp³-hybridized carbons (Fsp3) is 0.947. The average molecular weight is 420 g/mol. The lowest BCUT2D eigenvalue weighted by molar-refractivity contribution is -0.121. The van der Waals surface area contributed by atoms with Gasteiger partial charge in [0.2, 0.25) is 5.91 Å². The van der Waals surface area contributed by atoms with Gasteiger partial charge in [0.25, 0.3) is 0 Å². The molecular formula is C19H41NO5Si2. The summed E-state index contributed by atoms with van der Waals surface area (Å²) < 4.78 is 19.3. The van der Waals surface area contributed by atoms with Crippen LogP contribution in [0.15, 0.2) is 0 Å². The van der Waals surface area contributed by atoms with Crippen molar-refractivity contribution in [1.29, 1.82) is 0 Å². The lowest BCUT2D eigenvalue weighted by Crippen LogP contribution is -2.56. The van der Waals surface area contributed by atoms with E-state index in [1.165, 1.54) is 6.92 Å². The van der Waals surface area contributed by atoms with Gasteiger partial charge < -0.3 is 24.0 Å². The molecule has 1 amide bonds. The molecule has 1 heterocycles. The third-order valence-electron chi connectivity index (χ3n) is 6.34. The monoisotopic (exact) mass is 419 g/mol. The number of hydrogen-bond acceptors (Lipinski definition) is 5. The van der Waals surface area contributed by atoms with Crippen molar-refractivity contribution < 1.29 is 23.5 Å². The van der Waals surface area contributed by atoms with Crippen LogP contribution in [-0.4, -0.2) is 58.8 Å². The Hall–Kier alpha value is -0.256. The molecule has 1 unspecified atom stereocenters. The molecular weight excluding hydrogens is 378 g/mol. The number of carbonyl (C=O) groups excluding carboxylic acids is 1. The molecule has 1 aliphatic heterocycles. The summed E-state index contributed by atoms with van der Waals surface area (Å²) in [7, 11) is -4.27. The summed E-state index contributed by atoms with van der Waals surface area (Å²) in [4.78, 5) is 11.8. The van der Waals surface area contributed by atoms with Gasteiger partial charge >= 0.3 is 0 Å². The fourth-order valence-corrected chi connectivity index (χ4v) is 4.91. The van der Waals surface area contributed by atoms with Gasteiger partial charge in [0.15, 0.2) is 22.9 Å². The first-order chi connectivity index (χ1) is 11.9. The topological polar surface area (TPSA) is 77.0 Å². The fourth-order valence-electron chi connectivity index (χ4n) is 2.49. The normalized spacial score (nSPS) is 27.7. The number of carbonyl (C=O) groups is 1. The van der Waals surface area contributed by atoms with E-state index in [2.05, 4.69) is 73.0 Å². The Labute approximate surface area is 167 Å². The largest absolute Gasteiger partial charge is 0.407 e. The predicted octanol–water partition coefficient (Wildman–Crippen LogP) is 3.62. The minimum Gasteiger partial charge on any atom is -0.407 e. The third kappa shape index (κ3) is 5.87. The highest BCUT2D eigenvalue weighted by Gasteiger charge is 2.53. The van der Waals surface area contributed by atoms with Crippen LogP contribution in [0, 0.1) is 0 Å². The van der Waals surface area contributed by atoms with Crippen molar-refractivity contribution in [1.82, 2.24) is 5.32 Å². The molecule has 0 bridgehead atoms. The first-order valence-electron chi connectivity index (χ1n) is 9.82. The number of aliphatic hydroxyl groups excluding tert-OH is 1. The van der Waals surface area contributed by atoms with Crippen molar-refractivity contribution in [2.45, 2.75) is 109 Å². The van der Waals surface area contributed by atoms with Gasteiger partial charge in [0.05, 0.1) is 12.6 Å². The van der Waals surface area contributed by atoms with E-state index < -0.39 is 41.2 Å². The van der Waals surface area contributed by atoms with Crippen molar-refractivity contribution in [2.24, 2.45) is 0 Å². The number of ether oxygens (including phenoxy) is 1. The zero-order chi connectivity index (χ0) is 21.4. The second-order valence-corrected chi connectivity index (χ2v) is 20.2. The van der Waals surface area contributed by atoms with Gasteiger partial charge in [0.1, 0.15) is 12.2 Å². The van der Waals surface area contributed by atoms with Crippen LogP contribution < -0.4 is 5.32 Å². The highest BCUT2D eigenvalue weighted by atomic mass is 28.4. The molecule has 0 saturated carbocycles. The molecule has 0 radical (unpaired) electrons. The maximum Gasteiger partial charge on any atom is 0.217 e. The lowest BCUT2D eigenvalue weighted by atomic mass is 10.1. The Bertz CT molecular complexity index is 525. The molecule has 8 heteroatoms. The number of rotatable bonds is 6. The van der Waals surface area contributed by atoms with Crippen molar-refractivity contribution in [3.05, 3.63) is 0 Å². The number of amides is 1. The quantitative estimate of drug-likeness (QED) is 0.643. The smallest absolute Gasteiger partial charge is 0.217 e. The van der Waals surface area contributed by atoms with E-state index in [-0.39, 0.29) is 22.6 Å². The van der Waals surface area contributed by atoms with Crippen LogP contribution in [0.25, 0.3) is 0 Å². The maximum atomic E-state index is 11.8. The van der Waals surface area contributed by atoms with Crippen LogP contribution in [0.2, 0.25) is 36.3 Å². The molecule has 1 saturated heterocycles. The summed E-state index contributed by atoms with van der Waals surface area (Å²) in [6, 6.07) is -0.434. The Morgan fingerprint density at radius 2 is 1.44 bits per heavy atom. The Morgan fingerprint density at radius 3 is 1.81 bits per heavy atom.